The van der Waals surface area contributed by atoms with Crippen LogP contribution in [0.5, 0.6) is 11.5 Å². The predicted octanol–water partition coefficient (Wildman–Crippen LogP) is 3.90. The number of benzene rings is 2. The van der Waals surface area contributed by atoms with Crippen LogP contribution in [0.3, 0.4) is 0 Å². The minimum Gasteiger partial charge on any atom is -0.497 e. The summed E-state index contributed by atoms with van der Waals surface area (Å²) in [5.74, 6) is -3.26. The molecule has 1 aromatic heterocycles. The molecule has 0 atom stereocenters. The predicted molar refractivity (Wildman–Crippen MR) is 172 cm³/mol. The first-order valence-electron chi connectivity index (χ1n) is 14.3. The number of nitrogens with zero attached hydrogens (tertiary/aromatic N) is 3. The average molecular weight is 658 g/mol. The van der Waals surface area contributed by atoms with Crippen LogP contribution in [0.1, 0.15) is 25.7 Å². The van der Waals surface area contributed by atoms with Crippen molar-refractivity contribution in [3.8, 4) is 11.5 Å². The number of carboxylic acid groups (broad SMARTS) is 4. The summed E-state index contributed by atoms with van der Waals surface area (Å²) in [6.07, 6.45) is 6.78. The molecule has 0 spiro atoms. The van der Waals surface area contributed by atoms with E-state index in [4.69, 9.17) is 34.9 Å². The number of likely N-dealkylation sites (tertiary alicyclic amines) is 1. The average Bonchev–Trinajstić information content (AvgIpc) is 3.35. The molecule has 0 amide bonds. The first-order valence-corrected chi connectivity index (χ1v) is 15.2. The summed E-state index contributed by atoms with van der Waals surface area (Å²) in [4.78, 5) is 47.0. The minimum absolute atomic E-state index is 0.443. The molecule has 13 nitrogen and oxygen atoms in total. The van der Waals surface area contributed by atoms with E-state index in [0.717, 1.165) is 61.8 Å². The molecule has 1 aliphatic heterocycles. The normalized spacial score (nSPS) is 13.9. The van der Waals surface area contributed by atoms with Crippen LogP contribution < -0.4 is 14.3 Å². The van der Waals surface area contributed by atoms with Crippen molar-refractivity contribution in [3.05, 3.63) is 77.6 Å². The quantitative estimate of drug-likeness (QED) is 0.163. The van der Waals surface area contributed by atoms with E-state index in [0.29, 0.717) is 30.3 Å². The maximum Gasteiger partial charge on any atom is 0.328 e. The fourth-order valence-electron chi connectivity index (χ4n) is 4.22. The number of hydrogen-bond acceptors (Lipinski definition) is 9. The van der Waals surface area contributed by atoms with E-state index in [1.807, 2.05) is 24.3 Å². The third-order valence-electron chi connectivity index (χ3n) is 6.50. The topological polar surface area (TPSA) is 188 Å². The Morgan fingerprint density at radius 2 is 1.35 bits per heavy atom. The van der Waals surface area contributed by atoms with E-state index in [2.05, 4.69) is 40.8 Å². The number of methoxy groups -OCH3 is 1. The lowest BCUT2D eigenvalue weighted by Gasteiger charge is -2.29. The summed E-state index contributed by atoms with van der Waals surface area (Å²) in [5.41, 5.74) is 1.27. The Labute approximate surface area is 270 Å². The summed E-state index contributed by atoms with van der Waals surface area (Å²) < 4.78 is 14.5. The molecule has 0 radical (unpaired) electrons. The molecular weight excluding hydrogens is 618 g/mol. The number of carboxylic acids is 4. The minimum atomic E-state index is -1.26. The van der Waals surface area contributed by atoms with E-state index in [-0.39, 0.29) is 0 Å². The number of piperidine rings is 1. The van der Waals surface area contributed by atoms with Crippen molar-refractivity contribution >= 4 is 45.4 Å². The molecule has 1 fully saturated rings. The molecule has 4 rings (SSSR count). The Hall–Kier alpha value is -4.95. The lowest BCUT2D eigenvalue weighted by atomic mass is 10.1. The van der Waals surface area contributed by atoms with Crippen LogP contribution >= 0.6 is 11.3 Å². The number of para-hydroxylation sites is 1. The van der Waals surface area contributed by atoms with Crippen molar-refractivity contribution < 1.29 is 49.1 Å². The number of aromatic nitrogens is 1. The van der Waals surface area contributed by atoms with E-state index in [1.165, 1.54) is 16.6 Å². The number of aryl methyl sites for hydroxylation is 1. The van der Waals surface area contributed by atoms with Crippen molar-refractivity contribution in [2.45, 2.75) is 31.7 Å². The summed E-state index contributed by atoms with van der Waals surface area (Å²) in [6, 6.07) is 16.8. The van der Waals surface area contributed by atoms with Gasteiger partial charge in [0.1, 0.15) is 11.5 Å². The van der Waals surface area contributed by atoms with Gasteiger partial charge < -0.3 is 39.4 Å². The number of thiazole rings is 1. The number of hydrogen-bond donors (Lipinski definition) is 4. The molecule has 0 saturated carbocycles. The van der Waals surface area contributed by atoms with Gasteiger partial charge in [-0.2, -0.15) is 0 Å². The zero-order chi connectivity index (χ0) is 33.9. The van der Waals surface area contributed by atoms with E-state index < -0.39 is 23.9 Å². The lowest BCUT2D eigenvalue weighted by molar-refractivity contribution is -0.134. The fraction of sp³-hybridized carbons (Fsp3) is 0.344. The second-order valence-corrected chi connectivity index (χ2v) is 10.9. The van der Waals surface area contributed by atoms with E-state index >= 15 is 0 Å². The maximum absolute atomic E-state index is 9.55. The number of unbranched alkanes of at least 4 members (excludes halogenated alkanes) is 1. The SMILES string of the molecule is COc1ccc(OCCCCN2CCC(N=c3sc4ccccc4n3C)CC2)cc1.O=C(O)C=CC(=O)O.O=C(O)C=CC(=O)O. The molecule has 2 heterocycles. The highest BCUT2D eigenvalue weighted by atomic mass is 32.1. The third-order valence-corrected chi connectivity index (χ3v) is 7.63. The summed E-state index contributed by atoms with van der Waals surface area (Å²) in [7, 11) is 3.80. The van der Waals surface area contributed by atoms with Gasteiger partial charge in [-0.1, -0.05) is 23.5 Å². The Morgan fingerprint density at radius 3 is 1.85 bits per heavy atom. The van der Waals surface area contributed by atoms with Gasteiger partial charge in [0.2, 0.25) is 0 Å². The highest BCUT2D eigenvalue weighted by Crippen LogP contribution is 2.19. The van der Waals surface area contributed by atoms with E-state index in [9.17, 15) is 19.2 Å². The van der Waals surface area contributed by atoms with Crippen LogP contribution in [0.25, 0.3) is 10.2 Å². The number of ether oxygens (including phenoxy) is 2. The van der Waals surface area contributed by atoms with Gasteiger partial charge in [0.25, 0.3) is 0 Å². The molecule has 14 heteroatoms. The van der Waals surface area contributed by atoms with Crippen LogP contribution in [0.2, 0.25) is 0 Å². The van der Waals surface area contributed by atoms with Crippen molar-refractivity contribution in [1.29, 1.82) is 0 Å². The molecule has 1 saturated heterocycles. The summed E-state index contributed by atoms with van der Waals surface area (Å²) in [5, 5.41) is 31.2. The second kappa shape index (κ2) is 20.2. The van der Waals surface area contributed by atoms with Crippen LogP contribution in [0.15, 0.2) is 77.8 Å². The molecule has 0 aliphatic carbocycles. The van der Waals surface area contributed by atoms with Gasteiger partial charge >= 0.3 is 23.9 Å². The molecule has 1 aliphatic rings. The first kappa shape index (κ1) is 37.2. The Balaban J connectivity index is 0.000000381. The van der Waals surface area contributed by atoms with Gasteiger partial charge in [0.15, 0.2) is 4.80 Å². The number of carbonyl (C=O) groups is 4. The fourth-order valence-corrected chi connectivity index (χ4v) is 5.31. The Kier molecular flexibility index (Phi) is 16.3. The monoisotopic (exact) mass is 657 g/mol. The maximum atomic E-state index is 9.55. The molecule has 4 N–H and O–H groups in total. The van der Waals surface area contributed by atoms with Crippen molar-refractivity contribution in [3.63, 3.8) is 0 Å². The second-order valence-electron chi connectivity index (χ2n) is 9.86. The van der Waals surface area contributed by atoms with Crippen LogP contribution in [0.4, 0.5) is 0 Å². The molecule has 0 bridgehead atoms. The number of fused-ring (bicyclic) bond motifs is 1. The lowest BCUT2D eigenvalue weighted by Crippen LogP contribution is -2.36. The highest BCUT2D eigenvalue weighted by molar-refractivity contribution is 7.16. The number of aliphatic carboxylic acids is 4. The smallest absolute Gasteiger partial charge is 0.328 e. The van der Waals surface area contributed by atoms with Crippen molar-refractivity contribution in [2.24, 2.45) is 12.0 Å². The van der Waals surface area contributed by atoms with Gasteiger partial charge in [-0.15, -0.1) is 0 Å². The molecule has 0 unspecified atom stereocenters. The Morgan fingerprint density at radius 1 is 0.826 bits per heavy atom. The van der Waals surface area contributed by atoms with E-state index in [1.54, 1.807) is 18.4 Å². The standard InChI is InChI=1S/C24H31N3O2S.2C4H4O4/c1-26-22-7-3-4-8-23(22)30-24(26)25-19-13-16-27(17-14-19)15-5-6-18-29-21-11-9-20(28-2)10-12-21;2*5-3(6)1-2-4(7)8/h3-4,7-12,19H,5-6,13-18H2,1-2H3;2*1-2H,(H,5,6)(H,7,8). The molecular formula is C32H39N3O10S. The summed E-state index contributed by atoms with van der Waals surface area (Å²) >= 11 is 1.80. The zero-order valence-electron chi connectivity index (χ0n) is 25.7. The Bertz CT molecular complexity index is 1490. The molecule has 3 aromatic rings. The first-order chi connectivity index (χ1) is 22.0. The molecule has 46 heavy (non-hydrogen) atoms. The van der Waals surface area contributed by atoms with Gasteiger partial charge in [-0.05, 0) is 68.6 Å². The van der Waals surface area contributed by atoms with Gasteiger partial charge in [-0.25, -0.2) is 19.2 Å². The van der Waals surface area contributed by atoms with Gasteiger partial charge in [0.05, 0.1) is 30.0 Å². The van der Waals surface area contributed by atoms with Crippen molar-refractivity contribution in [2.75, 3.05) is 33.4 Å². The third kappa shape index (κ3) is 14.7. The van der Waals surface area contributed by atoms with Crippen LogP contribution in [0, 0.1) is 0 Å². The van der Waals surface area contributed by atoms with Crippen molar-refractivity contribution in [1.82, 2.24) is 9.47 Å². The van der Waals surface area contributed by atoms with Gasteiger partial charge in [0, 0.05) is 44.4 Å². The largest absolute Gasteiger partial charge is 0.497 e. The van der Waals surface area contributed by atoms with Crippen LogP contribution in [-0.4, -0.2) is 93.2 Å². The van der Waals surface area contributed by atoms with Crippen LogP contribution in [-0.2, 0) is 26.2 Å². The number of rotatable bonds is 12. The summed E-state index contributed by atoms with van der Waals surface area (Å²) in [6.45, 7) is 4.19. The zero-order valence-corrected chi connectivity index (χ0v) is 26.5. The molecule has 2 aromatic carbocycles. The highest BCUT2D eigenvalue weighted by Gasteiger charge is 2.18. The molecule has 248 valence electrons. The van der Waals surface area contributed by atoms with Gasteiger partial charge in [-0.3, -0.25) is 4.99 Å².